The van der Waals surface area contributed by atoms with Crippen molar-refractivity contribution in [3.63, 3.8) is 0 Å². The highest BCUT2D eigenvalue weighted by Gasteiger charge is 2.22. The number of rotatable bonds is 2. The molecule has 0 bridgehead atoms. The smallest absolute Gasteiger partial charge is 0.263 e. The molecule has 6 heteroatoms. The summed E-state index contributed by atoms with van der Waals surface area (Å²) in [6.45, 7) is 6.58. The average molecular weight is 348 g/mol. The van der Waals surface area contributed by atoms with E-state index in [4.69, 9.17) is 17.0 Å². The average Bonchev–Trinajstić information content (AvgIpc) is 2.74. The number of methoxy groups -OCH3 is 1. The quantitative estimate of drug-likeness (QED) is 0.385. The third-order valence-corrected chi connectivity index (χ3v) is 4.77. The van der Waals surface area contributed by atoms with Crippen molar-refractivity contribution in [2.45, 2.75) is 19.6 Å². The first-order chi connectivity index (χ1) is 10.3. The number of hydrogen-bond acceptors (Lipinski definition) is 4. The summed E-state index contributed by atoms with van der Waals surface area (Å²) < 4.78 is 5.85. The zero-order valence-corrected chi connectivity index (χ0v) is 15.6. The summed E-state index contributed by atoms with van der Waals surface area (Å²) in [7, 11) is 0.164. The van der Waals surface area contributed by atoms with Gasteiger partial charge in [0.05, 0.1) is 17.6 Å². The Hall–Kier alpha value is -1.55. The van der Waals surface area contributed by atoms with Crippen LogP contribution in [0.15, 0.2) is 23.1 Å². The Morgan fingerprint density at radius 3 is 2.64 bits per heavy atom. The number of thiocarbonyl (C=S) groups is 1. The van der Waals surface area contributed by atoms with E-state index in [1.54, 1.807) is 7.11 Å². The number of nitrogens with one attached hydrogen (secondary N) is 1. The van der Waals surface area contributed by atoms with Gasteiger partial charge in [-0.25, -0.2) is 0 Å². The van der Waals surface area contributed by atoms with Gasteiger partial charge in [0, 0.05) is 0 Å². The maximum atomic E-state index is 11.7. The largest absolute Gasteiger partial charge is 0.495 e. The van der Waals surface area contributed by atoms with Crippen LogP contribution in [-0.2, 0) is 4.79 Å². The van der Waals surface area contributed by atoms with Crippen LogP contribution in [0.3, 0.4) is 0 Å². The van der Waals surface area contributed by atoms with Gasteiger partial charge in [-0.1, -0.05) is 55.6 Å². The zero-order valence-electron chi connectivity index (χ0n) is 12.9. The van der Waals surface area contributed by atoms with Gasteiger partial charge < -0.3 is 10.1 Å². The maximum Gasteiger partial charge on any atom is 0.263 e. The highest BCUT2D eigenvalue weighted by Crippen LogP contribution is 2.27. The topological polar surface area (TPSA) is 38.3 Å². The number of carbonyl (C=O) groups is 1. The van der Waals surface area contributed by atoms with Crippen molar-refractivity contribution in [2.24, 2.45) is 0 Å². The molecule has 1 saturated heterocycles. The number of benzene rings is 1. The number of ether oxygens (including phenoxy) is 1. The predicted molar refractivity (Wildman–Crippen MR) is 99.5 cm³/mol. The fourth-order valence-electron chi connectivity index (χ4n) is 1.74. The lowest BCUT2D eigenvalue weighted by molar-refractivity contribution is -0.115. The van der Waals surface area contributed by atoms with E-state index in [1.165, 1.54) is 11.8 Å². The molecule has 1 aliphatic heterocycles. The van der Waals surface area contributed by atoms with Crippen LogP contribution < -0.4 is 10.1 Å². The van der Waals surface area contributed by atoms with Crippen molar-refractivity contribution in [1.82, 2.24) is 5.32 Å². The lowest BCUT2D eigenvalue weighted by atomic mass is 10.1. The zero-order chi connectivity index (χ0) is 16.3. The molecular formula is C16H17NO2S2Si. The lowest BCUT2D eigenvalue weighted by Gasteiger charge is -2.07. The molecule has 1 aromatic rings. The van der Waals surface area contributed by atoms with Crippen LogP contribution in [0, 0.1) is 11.5 Å². The van der Waals surface area contributed by atoms with E-state index < -0.39 is 8.07 Å². The molecule has 1 aromatic carbocycles. The molecule has 0 saturated carbocycles. The second-order valence-corrected chi connectivity index (χ2v) is 12.3. The lowest BCUT2D eigenvalue weighted by Crippen LogP contribution is -2.17. The van der Waals surface area contributed by atoms with Gasteiger partial charge in [0.1, 0.15) is 18.1 Å². The van der Waals surface area contributed by atoms with Crippen LogP contribution in [-0.4, -0.2) is 25.4 Å². The monoisotopic (exact) mass is 347 g/mol. The molecule has 0 aliphatic carbocycles. The van der Waals surface area contributed by atoms with E-state index in [0.717, 1.165) is 16.9 Å². The molecule has 0 spiro atoms. The van der Waals surface area contributed by atoms with Gasteiger partial charge in [0.25, 0.3) is 5.91 Å². The van der Waals surface area contributed by atoms with Crippen LogP contribution in [0.5, 0.6) is 5.75 Å². The molecule has 0 atom stereocenters. The van der Waals surface area contributed by atoms with Crippen LogP contribution in [0.2, 0.25) is 19.6 Å². The molecule has 1 N–H and O–H groups in total. The van der Waals surface area contributed by atoms with Gasteiger partial charge in [-0.05, 0) is 23.8 Å². The summed E-state index contributed by atoms with van der Waals surface area (Å²) in [6, 6.07) is 5.71. The van der Waals surface area contributed by atoms with Gasteiger partial charge in [0.2, 0.25) is 0 Å². The third kappa shape index (κ3) is 4.47. The minimum atomic E-state index is -1.47. The van der Waals surface area contributed by atoms with E-state index in [-0.39, 0.29) is 5.91 Å². The number of hydrogen-bond donors (Lipinski definition) is 1. The standard InChI is InChI=1S/C16H17NO2S2Si/c1-19-13-6-5-11(9-12(13)7-8-22(2,3)4)10-14-15(18)17-16(20)21-14/h5-6,9-10H,1-4H3,(H,17,18,20)/b14-10+. The first-order valence-corrected chi connectivity index (χ1v) is 11.5. The van der Waals surface area contributed by atoms with Crippen LogP contribution in [0.25, 0.3) is 6.08 Å². The van der Waals surface area contributed by atoms with E-state index in [0.29, 0.717) is 9.23 Å². The fourth-order valence-corrected chi connectivity index (χ4v) is 3.29. The van der Waals surface area contributed by atoms with E-state index in [1.807, 2.05) is 24.3 Å². The Kier molecular flexibility index (Phi) is 5.11. The number of carbonyl (C=O) groups excluding carboxylic acids is 1. The van der Waals surface area contributed by atoms with Crippen molar-refractivity contribution < 1.29 is 9.53 Å². The second kappa shape index (κ2) is 6.69. The molecule has 3 nitrogen and oxygen atoms in total. The van der Waals surface area contributed by atoms with E-state index >= 15 is 0 Å². The van der Waals surface area contributed by atoms with Gasteiger partial charge >= 0.3 is 0 Å². The van der Waals surface area contributed by atoms with Crippen molar-refractivity contribution in [1.29, 1.82) is 0 Å². The highest BCUT2D eigenvalue weighted by atomic mass is 32.2. The first-order valence-electron chi connectivity index (χ1n) is 6.74. The van der Waals surface area contributed by atoms with Crippen molar-refractivity contribution in [2.75, 3.05) is 7.11 Å². The summed E-state index contributed by atoms with van der Waals surface area (Å²) >= 11 is 6.26. The Morgan fingerprint density at radius 1 is 1.36 bits per heavy atom. The van der Waals surface area contributed by atoms with Crippen molar-refractivity contribution in [3.8, 4) is 17.2 Å². The third-order valence-electron chi connectivity index (χ3n) is 2.74. The van der Waals surface area contributed by atoms with Crippen molar-refractivity contribution >= 4 is 48.4 Å². The highest BCUT2D eigenvalue weighted by molar-refractivity contribution is 8.26. The van der Waals surface area contributed by atoms with E-state index in [2.05, 4.69) is 36.4 Å². The summed E-state index contributed by atoms with van der Waals surface area (Å²) in [5.74, 6) is 3.80. The SMILES string of the molecule is COc1ccc(/C=C2/SC(=S)NC2=O)cc1C#C[Si](C)(C)C. The first kappa shape index (κ1) is 16.8. The molecule has 0 aromatic heterocycles. The number of thioether (sulfide) groups is 1. The summed E-state index contributed by atoms with van der Waals surface area (Å²) in [5.41, 5.74) is 5.08. The Bertz CT molecular complexity index is 724. The van der Waals surface area contributed by atoms with Gasteiger partial charge in [-0.3, -0.25) is 4.79 Å². The van der Waals surface area contributed by atoms with E-state index in [9.17, 15) is 4.79 Å². The molecular weight excluding hydrogens is 330 g/mol. The molecule has 114 valence electrons. The summed E-state index contributed by atoms with van der Waals surface area (Å²) in [6.07, 6.45) is 1.82. The summed E-state index contributed by atoms with van der Waals surface area (Å²) in [5, 5.41) is 2.61. The molecule has 2 rings (SSSR count). The van der Waals surface area contributed by atoms with Crippen LogP contribution in [0.1, 0.15) is 11.1 Å². The summed E-state index contributed by atoms with van der Waals surface area (Å²) in [4.78, 5) is 12.3. The second-order valence-electron chi connectivity index (χ2n) is 5.81. The molecule has 1 amide bonds. The normalized spacial score (nSPS) is 16.3. The van der Waals surface area contributed by atoms with Crippen molar-refractivity contribution in [3.05, 3.63) is 34.2 Å². The Morgan fingerprint density at radius 2 is 2.09 bits per heavy atom. The molecule has 1 aliphatic rings. The fraction of sp³-hybridized carbons (Fsp3) is 0.250. The predicted octanol–water partition coefficient (Wildman–Crippen LogP) is 3.41. The minimum absolute atomic E-state index is 0.152. The van der Waals surface area contributed by atoms with Gasteiger partial charge in [0.15, 0.2) is 0 Å². The van der Waals surface area contributed by atoms with Crippen LogP contribution in [0.4, 0.5) is 0 Å². The van der Waals surface area contributed by atoms with Gasteiger partial charge in [-0.15, -0.1) is 5.54 Å². The molecule has 22 heavy (non-hydrogen) atoms. The maximum absolute atomic E-state index is 11.7. The molecule has 1 heterocycles. The number of amides is 1. The molecule has 0 unspecified atom stereocenters. The molecule has 1 fully saturated rings. The molecule has 0 radical (unpaired) electrons. The van der Waals surface area contributed by atoms with Gasteiger partial charge in [-0.2, -0.15) is 0 Å². The Balaban J connectivity index is 2.39. The minimum Gasteiger partial charge on any atom is -0.495 e. The van der Waals surface area contributed by atoms with Crippen LogP contribution >= 0.6 is 24.0 Å². The Labute approximate surface area is 141 Å².